The molecule has 0 bridgehead atoms. The largest absolute Gasteiger partial charge is 0.354 e. The lowest BCUT2D eigenvalue weighted by Gasteiger charge is -2.03. The number of hydrogen-bond donors (Lipinski definition) is 2. The molecule has 0 aliphatic rings. The number of nitrogens with two attached hydrogens (primary N) is 1. The molecular formula is C12H15ClN2O2S. The van der Waals surface area contributed by atoms with Crippen LogP contribution in [0.2, 0.25) is 5.02 Å². The molecule has 0 aliphatic heterocycles. The Morgan fingerprint density at radius 1 is 1.22 bits per heavy atom. The van der Waals surface area contributed by atoms with Gasteiger partial charge in [0.05, 0.1) is 11.5 Å². The van der Waals surface area contributed by atoms with Gasteiger partial charge in [-0.3, -0.25) is 9.59 Å². The second-order valence-corrected chi connectivity index (χ2v) is 4.98. The number of nitrogens with one attached hydrogen (secondary N) is 1. The minimum atomic E-state index is -0.102. The topological polar surface area (TPSA) is 72.2 Å². The van der Waals surface area contributed by atoms with Crippen molar-refractivity contribution in [3.05, 3.63) is 34.9 Å². The van der Waals surface area contributed by atoms with Crippen molar-refractivity contribution in [2.75, 3.05) is 24.6 Å². The Hall–Kier alpha value is -1.04. The highest BCUT2D eigenvalue weighted by Crippen LogP contribution is 2.12. The summed E-state index contributed by atoms with van der Waals surface area (Å²) in [7, 11) is 0. The van der Waals surface area contributed by atoms with Gasteiger partial charge < -0.3 is 11.1 Å². The fourth-order valence-electron chi connectivity index (χ4n) is 1.22. The van der Waals surface area contributed by atoms with Crippen LogP contribution in [0.5, 0.6) is 0 Å². The molecule has 0 atom stereocenters. The quantitative estimate of drug-likeness (QED) is 0.742. The minimum absolute atomic E-state index is 0.0108. The molecule has 1 amide bonds. The molecule has 98 valence electrons. The number of carbonyl (C=O) groups excluding carboxylic acids is 2. The summed E-state index contributed by atoms with van der Waals surface area (Å²) in [6, 6.07) is 6.71. The van der Waals surface area contributed by atoms with E-state index in [1.807, 2.05) is 0 Å². The third-order valence-electron chi connectivity index (χ3n) is 2.10. The SMILES string of the molecule is NCCNC(=O)CSCC(=O)c1ccc(Cl)cc1. The van der Waals surface area contributed by atoms with E-state index in [4.69, 9.17) is 17.3 Å². The molecule has 0 saturated heterocycles. The van der Waals surface area contributed by atoms with E-state index < -0.39 is 0 Å². The number of hydrogen-bond acceptors (Lipinski definition) is 4. The summed E-state index contributed by atoms with van der Waals surface area (Å²) in [5.41, 5.74) is 5.86. The minimum Gasteiger partial charge on any atom is -0.354 e. The predicted molar refractivity (Wildman–Crippen MR) is 75.2 cm³/mol. The molecule has 1 rings (SSSR count). The monoisotopic (exact) mass is 286 g/mol. The summed E-state index contributed by atoms with van der Waals surface area (Å²) in [4.78, 5) is 23.0. The van der Waals surface area contributed by atoms with Gasteiger partial charge in [-0.2, -0.15) is 0 Å². The second kappa shape index (κ2) is 8.13. The number of ketones is 1. The van der Waals surface area contributed by atoms with E-state index in [0.717, 1.165) is 0 Å². The molecule has 6 heteroatoms. The summed E-state index contributed by atoms with van der Waals surface area (Å²) in [6.45, 7) is 0.880. The maximum absolute atomic E-state index is 11.7. The van der Waals surface area contributed by atoms with E-state index in [2.05, 4.69) is 5.32 Å². The van der Waals surface area contributed by atoms with E-state index in [1.54, 1.807) is 24.3 Å². The lowest BCUT2D eigenvalue weighted by Crippen LogP contribution is -2.30. The van der Waals surface area contributed by atoms with Crippen molar-refractivity contribution in [3.8, 4) is 0 Å². The highest BCUT2D eigenvalue weighted by molar-refractivity contribution is 8.00. The van der Waals surface area contributed by atoms with Gasteiger partial charge in [0.2, 0.25) is 5.91 Å². The first-order chi connectivity index (χ1) is 8.63. The summed E-state index contributed by atoms with van der Waals surface area (Å²) in [5.74, 6) is 0.425. The van der Waals surface area contributed by atoms with Crippen molar-refractivity contribution in [2.24, 2.45) is 5.73 Å². The van der Waals surface area contributed by atoms with Gasteiger partial charge in [-0.1, -0.05) is 11.6 Å². The Labute approximate surface area is 115 Å². The second-order valence-electron chi connectivity index (χ2n) is 3.56. The first-order valence-electron chi connectivity index (χ1n) is 5.46. The molecule has 0 unspecified atom stereocenters. The van der Waals surface area contributed by atoms with E-state index in [1.165, 1.54) is 11.8 Å². The summed E-state index contributed by atoms with van der Waals surface area (Å²) in [6.07, 6.45) is 0. The highest BCUT2D eigenvalue weighted by Gasteiger charge is 2.07. The number of rotatable bonds is 7. The standard InChI is InChI=1S/C12H15ClN2O2S/c13-10-3-1-9(2-4-10)11(16)7-18-8-12(17)15-6-5-14/h1-4H,5-8,14H2,(H,15,17). The fourth-order valence-corrected chi connectivity index (χ4v) is 2.09. The van der Waals surface area contributed by atoms with Gasteiger partial charge in [0.1, 0.15) is 0 Å². The van der Waals surface area contributed by atoms with Gasteiger partial charge in [-0.15, -0.1) is 11.8 Å². The molecule has 1 aromatic carbocycles. The molecule has 0 fully saturated rings. The third-order valence-corrected chi connectivity index (χ3v) is 3.28. The van der Waals surface area contributed by atoms with Crippen LogP contribution < -0.4 is 11.1 Å². The van der Waals surface area contributed by atoms with E-state index in [0.29, 0.717) is 23.7 Å². The Morgan fingerprint density at radius 3 is 2.50 bits per heavy atom. The Morgan fingerprint density at radius 2 is 1.89 bits per heavy atom. The van der Waals surface area contributed by atoms with Crippen LogP contribution in [0.15, 0.2) is 24.3 Å². The zero-order valence-corrected chi connectivity index (χ0v) is 11.4. The Bertz CT molecular complexity index is 409. The Balaban J connectivity index is 2.29. The van der Waals surface area contributed by atoms with Crippen molar-refractivity contribution in [1.82, 2.24) is 5.32 Å². The summed E-state index contributed by atoms with van der Waals surface area (Å²) < 4.78 is 0. The zero-order valence-electron chi connectivity index (χ0n) is 9.82. The number of amides is 1. The first-order valence-corrected chi connectivity index (χ1v) is 7.00. The summed E-state index contributed by atoms with van der Waals surface area (Å²) >= 11 is 7.01. The lowest BCUT2D eigenvalue weighted by atomic mass is 10.1. The zero-order chi connectivity index (χ0) is 13.4. The smallest absolute Gasteiger partial charge is 0.230 e. The summed E-state index contributed by atoms with van der Waals surface area (Å²) in [5, 5.41) is 3.24. The number of benzene rings is 1. The van der Waals surface area contributed by atoms with Crippen LogP contribution in [0, 0.1) is 0 Å². The fraction of sp³-hybridized carbons (Fsp3) is 0.333. The molecule has 3 N–H and O–H groups in total. The van der Waals surface area contributed by atoms with E-state index >= 15 is 0 Å². The van der Waals surface area contributed by atoms with Crippen molar-refractivity contribution in [3.63, 3.8) is 0 Å². The molecular weight excluding hydrogens is 272 g/mol. The van der Waals surface area contributed by atoms with Gasteiger partial charge in [0.15, 0.2) is 5.78 Å². The van der Waals surface area contributed by atoms with Gasteiger partial charge >= 0.3 is 0 Å². The molecule has 0 heterocycles. The normalized spacial score (nSPS) is 10.1. The van der Waals surface area contributed by atoms with Crippen LogP contribution in [0.25, 0.3) is 0 Å². The van der Waals surface area contributed by atoms with Gasteiger partial charge in [0, 0.05) is 23.7 Å². The van der Waals surface area contributed by atoms with Crippen molar-refractivity contribution < 1.29 is 9.59 Å². The van der Waals surface area contributed by atoms with Crippen LogP contribution in [0.4, 0.5) is 0 Å². The third kappa shape index (κ3) is 5.53. The number of carbonyl (C=O) groups is 2. The molecule has 4 nitrogen and oxygen atoms in total. The lowest BCUT2D eigenvalue weighted by molar-refractivity contribution is -0.118. The van der Waals surface area contributed by atoms with E-state index in [-0.39, 0.29) is 23.2 Å². The van der Waals surface area contributed by atoms with Crippen LogP contribution in [0.1, 0.15) is 10.4 Å². The molecule has 0 aromatic heterocycles. The van der Waals surface area contributed by atoms with Crippen molar-refractivity contribution in [2.45, 2.75) is 0 Å². The molecule has 0 spiro atoms. The van der Waals surface area contributed by atoms with Gasteiger partial charge in [-0.05, 0) is 24.3 Å². The van der Waals surface area contributed by atoms with Gasteiger partial charge in [0.25, 0.3) is 0 Å². The number of Topliss-reactive ketones (excluding diaryl/α,β-unsaturated/α-hetero) is 1. The maximum Gasteiger partial charge on any atom is 0.230 e. The highest BCUT2D eigenvalue weighted by atomic mass is 35.5. The van der Waals surface area contributed by atoms with Crippen LogP contribution in [-0.4, -0.2) is 36.3 Å². The van der Waals surface area contributed by atoms with Gasteiger partial charge in [-0.25, -0.2) is 0 Å². The molecule has 0 saturated carbocycles. The van der Waals surface area contributed by atoms with Crippen LogP contribution in [0.3, 0.4) is 0 Å². The average Bonchev–Trinajstić information content (AvgIpc) is 2.37. The van der Waals surface area contributed by atoms with Crippen LogP contribution >= 0.6 is 23.4 Å². The Kier molecular flexibility index (Phi) is 6.78. The number of halogens is 1. The van der Waals surface area contributed by atoms with Crippen molar-refractivity contribution in [1.29, 1.82) is 0 Å². The predicted octanol–water partition coefficient (Wildman–Crippen LogP) is 1.33. The van der Waals surface area contributed by atoms with Crippen molar-refractivity contribution >= 4 is 35.1 Å². The number of thioether (sulfide) groups is 1. The maximum atomic E-state index is 11.7. The molecule has 18 heavy (non-hydrogen) atoms. The average molecular weight is 287 g/mol. The van der Waals surface area contributed by atoms with E-state index in [9.17, 15) is 9.59 Å². The molecule has 0 aliphatic carbocycles. The van der Waals surface area contributed by atoms with Crippen LogP contribution in [-0.2, 0) is 4.79 Å². The molecule has 1 aromatic rings. The molecule has 0 radical (unpaired) electrons. The first kappa shape index (κ1) is 15.0.